The van der Waals surface area contributed by atoms with Crippen LogP contribution in [0.4, 0.5) is 4.79 Å². The summed E-state index contributed by atoms with van der Waals surface area (Å²) in [6, 6.07) is 10.7. The lowest BCUT2D eigenvalue weighted by atomic mass is 10.1. The number of hydrogen-bond donors (Lipinski definition) is 2. The van der Waals surface area contributed by atoms with Crippen molar-refractivity contribution in [2.75, 3.05) is 26.2 Å². The van der Waals surface area contributed by atoms with Gasteiger partial charge in [-0.2, -0.15) is 0 Å². The van der Waals surface area contributed by atoms with Gasteiger partial charge in [-0.25, -0.2) is 4.79 Å². The summed E-state index contributed by atoms with van der Waals surface area (Å²) < 4.78 is 5.25. The predicted molar refractivity (Wildman–Crippen MR) is 106 cm³/mol. The lowest BCUT2D eigenvalue weighted by molar-refractivity contribution is 0.0963. The fourth-order valence-electron chi connectivity index (χ4n) is 3.08. The number of piperidine rings is 1. The SMILES string of the molecule is CCOC(=O)N1CCC(NC(N)=NCC2(Sc3ccccc3)CC2)CC1. The van der Waals surface area contributed by atoms with Gasteiger partial charge in [0.05, 0.1) is 13.2 Å². The van der Waals surface area contributed by atoms with Crippen molar-refractivity contribution in [3.05, 3.63) is 30.3 Å². The molecule has 142 valence electrons. The molecule has 1 aliphatic carbocycles. The Hall–Kier alpha value is -1.89. The number of hydrogen-bond acceptors (Lipinski definition) is 4. The fourth-order valence-corrected chi connectivity index (χ4v) is 4.30. The molecule has 1 aliphatic heterocycles. The normalized spacial score (nSPS) is 19.9. The molecule has 0 atom stereocenters. The summed E-state index contributed by atoms with van der Waals surface area (Å²) in [5.74, 6) is 0.513. The Morgan fingerprint density at radius 1 is 1.35 bits per heavy atom. The largest absolute Gasteiger partial charge is 0.450 e. The number of nitrogens with one attached hydrogen (secondary N) is 1. The number of carbonyl (C=O) groups is 1. The van der Waals surface area contributed by atoms with Crippen molar-refractivity contribution < 1.29 is 9.53 Å². The van der Waals surface area contributed by atoms with E-state index in [0.717, 1.165) is 19.4 Å². The zero-order valence-electron chi connectivity index (χ0n) is 15.3. The van der Waals surface area contributed by atoms with Gasteiger partial charge in [-0.15, -0.1) is 11.8 Å². The maximum Gasteiger partial charge on any atom is 0.409 e. The highest BCUT2D eigenvalue weighted by molar-refractivity contribution is 8.01. The standard InChI is InChI=1S/C19H28N4O2S/c1-2-25-18(24)23-12-8-15(9-13-23)22-17(20)21-14-19(10-11-19)26-16-6-4-3-5-7-16/h3-7,15H,2,8-14H2,1H3,(H3,20,21,22). The van der Waals surface area contributed by atoms with E-state index in [4.69, 9.17) is 10.5 Å². The first-order valence-electron chi connectivity index (χ1n) is 9.32. The monoisotopic (exact) mass is 376 g/mol. The minimum absolute atomic E-state index is 0.209. The van der Waals surface area contributed by atoms with Gasteiger partial charge in [-0.3, -0.25) is 4.99 Å². The van der Waals surface area contributed by atoms with Gasteiger partial charge >= 0.3 is 6.09 Å². The fraction of sp³-hybridized carbons (Fsp3) is 0.579. The molecule has 26 heavy (non-hydrogen) atoms. The number of rotatable bonds is 6. The van der Waals surface area contributed by atoms with Gasteiger partial charge in [-0.1, -0.05) is 18.2 Å². The molecule has 3 rings (SSSR count). The molecular weight excluding hydrogens is 348 g/mol. The third kappa shape index (κ3) is 5.30. The first-order chi connectivity index (χ1) is 12.6. The van der Waals surface area contributed by atoms with Crippen molar-refractivity contribution in [1.29, 1.82) is 0 Å². The maximum absolute atomic E-state index is 11.7. The molecule has 0 spiro atoms. The predicted octanol–water partition coefficient (Wildman–Crippen LogP) is 2.84. The van der Waals surface area contributed by atoms with Crippen LogP contribution in [0.5, 0.6) is 0 Å². The molecule has 7 heteroatoms. The number of thioether (sulfide) groups is 1. The number of amides is 1. The van der Waals surface area contributed by atoms with Crippen molar-refractivity contribution in [2.24, 2.45) is 10.7 Å². The van der Waals surface area contributed by atoms with Crippen LogP contribution in [0.25, 0.3) is 0 Å². The van der Waals surface area contributed by atoms with E-state index in [1.54, 1.807) is 4.90 Å². The molecule has 0 radical (unpaired) electrons. The number of nitrogens with zero attached hydrogens (tertiary/aromatic N) is 2. The Bertz CT molecular complexity index is 626. The van der Waals surface area contributed by atoms with Crippen LogP contribution in [0, 0.1) is 0 Å². The molecular formula is C19H28N4O2S. The molecule has 1 amide bonds. The zero-order valence-corrected chi connectivity index (χ0v) is 16.1. The van der Waals surface area contributed by atoms with Crippen LogP contribution < -0.4 is 11.1 Å². The van der Waals surface area contributed by atoms with Gasteiger partial charge < -0.3 is 20.7 Å². The Labute approximate surface area is 159 Å². The highest BCUT2D eigenvalue weighted by atomic mass is 32.2. The van der Waals surface area contributed by atoms with Crippen LogP contribution in [0.15, 0.2) is 40.2 Å². The molecule has 1 heterocycles. The molecule has 1 saturated carbocycles. The Balaban J connectivity index is 1.42. The van der Waals surface area contributed by atoms with Gasteiger partial charge in [0.15, 0.2) is 5.96 Å². The van der Waals surface area contributed by atoms with E-state index in [-0.39, 0.29) is 16.9 Å². The molecule has 3 N–H and O–H groups in total. The van der Waals surface area contributed by atoms with Crippen molar-refractivity contribution >= 4 is 23.8 Å². The van der Waals surface area contributed by atoms with Gasteiger partial charge in [0, 0.05) is 28.8 Å². The van der Waals surface area contributed by atoms with Crippen molar-refractivity contribution in [2.45, 2.75) is 48.3 Å². The Morgan fingerprint density at radius 3 is 2.65 bits per heavy atom. The molecule has 2 fully saturated rings. The van der Waals surface area contributed by atoms with Crippen LogP contribution >= 0.6 is 11.8 Å². The van der Waals surface area contributed by atoms with Gasteiger partial charge in [0.25, 0.3) is 0 Å². The van der Waals surface area contributed by atoms with Crippen LogP contribution in [0.1, 0.15) is 32.6 Å². The summed E-state index contributed by atoms with van der Waals surface area (Å²) in [5, 5.41) is 3.31. The highest BCUT2D eigenvalue weighted by Gasteiger charge is 2.43. The van der Waals surface area contributed by atoms with Gasteiger partial charge in [-0.05, 0) is 44.7 Å². The number of nitrogens with two attached hydrogens (primary N) is 1. The van der Waals surface area contributed by atoms with E-state index >= 15 is 0 Å². The molecule has 1 aromatic rings. The second-order valence-electron chi connectivity index (χ2n) is 6.90. The second-order valence-corrected chi connectivity index (χ2v) is 8.45. The van der Waals surface area contributed by atoms with Gasteiger partial charge in [0.1, 0.15) is 0 Å². The number of likely N-dealkylation sites (tertiary alicyclic amines) is 1. The zero-order chi connectivity index (χ0) is 18.4. The lowest BCUT2D eigenvalue weighted by Crippen LogP contribution is -2.48. The summed E-state index contributed by atoms with van der Waals surface area (Å²) in [5.41, 5.74) is 6.10. The summed E-state index contributed by atoms with van der Waals surface area (Å²) in [7, 11) is 0. The Kier molecular flexibility index (Phi) is 6.29. The summed E-state index contributed by atoms with van der Waals surface area (Å²) >= 11 is 1.90. The van der Waals surface area contributed by atoms with Crippen LogP contribution in [-0.4, -0.2) is 54.0 Å². The molecule has 0 aromatic heterocycles. The van der Waals surface area contributed by atoms with Crippen molar-refractivity contribution in [1.82, 2.24) is 10.2 Å². The van der Waals surface area contributed by atoms with Gasteiger partial charge in [0.2, 0.25) is 0 Å². The highest BCUT2D eigenvalue weighted by Crippen LogP contribution is 2.51. The minimum atomic E-state index is -0.221. The number of carbonyl (C=O) groups excluding carboxylic acids is 1. The van der Waals surface area contributed by atoms with E-state index in [0.29, 0.717) is 25.7 Å². The second kappa shape index (κ2) is 8.66. The molecule has 2 aliphatic rings. The molecule has 6 nitrogen and oxygen atoms in total. The van der Waals surface area contributed by atoms with Crippen LogP contribution in [0.2, 0.25) is 0 Å². The number of aliphatic imine (C=N–C) groups is 1. The third-order valence-corrected chi connectivity index (χ3v) is 6.27. The number of guanidine groups is 1. The van der Waals surface area contributed by atoms with E-state index in [1.165, 1.54) is 17.7 Å². The first-order valence-corrected chi connectivity index (χ1v) is 10.1. The third-order valence-electron chi connectivity index (χ3n) is 4.80. The maximum atomic E-state index is 11.7. The molecule has 0 unspecified atom stereocenters. The average molecular weight is 377 g/mol. The van der Waals surface area contributed by atoms with E-state index in [1.807, 2.05) is 24.8 Å². The minimum Gasteiger partial charge on any atom is -0.450 e. The summed E-state index contributed by atoms with van der Waals surface area (Å²) in [6.07, 6.45) is 3.86. The lowest BCUT2D eigenvalue weighted by Gasteiger charge is -2.31. The first kappa shape index (κ1) is 18.9. The van der Waals surface area contributed by atoms with Crippen molar-refractivity contribution in [3.8, 4) is 0 Å². The van der Waals surface area contributed by atoms with E-state index in [2.05, 4.69) is 34.6 Å². The number of benzene rings is 1. The average Bonchev–Trinajstić information content (AvgIpc) is 3.41. The van der Waals surface area contributed by atoms with Crippen molar-refractivity contribution in [3.63, 3.8) is 0 Å². The van der Waals surface area contributed by atoms with E-state index in [9.17, 15) is 4.79 Å². The van der Waals surface area contributed by atoms with Crippen LogP contribution in [0.3, 0.4) is 0 Å². The summed E-state index contributed by atoms with van der Waals surface area (Å²) in [4.78, 5) is 19.4. The molecule has 1 aromatic carbocycles. The van der Waals surface area contributed by atoms with E-state index < -0.39 is 0 Å². The Morgan fingerprint density at radius 2 is 2.04 bits per heavy atom. The van der Waals surface area contributed by atoms with Crippen LogP contribution in [-0.2, 0) is 4.74 Å². The number of ether oxygens (including phenoxy) is 1. The molecule has 1 saturated heterocycles. The molecule has 0 bridgehead atoms. The smallest absolute Gasteiger partial charge is 0.409 e. The quantitative estimate of drug-likeness (QED) is 0.589. The summed E-state index contributed by atoms with van der Waals surface area (Å²) in [6.45, 7) is 4.37. The topological polar surface area (TPSA) is 80.0 Å².